The van der Waals surface area contributed by atoms with Crippen LogP contribution in [0, 0.1) is 5.92 Å². The monoisotopic (exact) mass is 975 g/mol. The van der Waals surface area contributed by atoms with Crippen LogP contribution in [-0.2, 0) is 41.8 Å². The van der Waals surface area contributed by atoms with Crippen molar-refractivity contribution in [3.63, 3.8) is 0 Å². The van der Waals surface area contributed by atoms with Gasteiger partial charge in [0.1, 0.15) is 12.7 Å². The molecule has 0 heterocycles. The van der Waals surface area contributed by atoms with E-state index in [-0.39, 0.29) is 19.3 Å². The van der Waals surface area contributed by atoms with E-state index in [1.807, 2.05) is 12.2 Å². The van der Waals surface area contributed by atoms with E-state index < -0.39 is 72.3 Å². The van der Waals surface area contributed by atoms with E-state index >= 15 is 0 Å². The van der Waals surface area contributed by atoms with Gasteiger partial charge in [-0.05, 0) is 50.9 Å². The number of aliphatic hydroxyl groups excluding tert-OH is 2. The number of allylic oxidation sites excluding steroid dienone is 11. The molecule has 2 unspecified atom stereocenters. The summed E-state index contributed by atoms with van der Waals surface area (Å²) in [4.78, 5) is 52.9. The van der Waals surface area contributed by atoms with Gasteiger partial charge in [0, 0.05) is 12.8 Å². The molecule has 0 aromatic heterocycles. The number of hydrogen-bond donors (Lipinski definition) is 5. The van der Waals surface area contributed by atoms with Crippen LogP contribution in [0.3, 0.4) is 0 Å². The Morgan fingerprint density at radius 3 is 1.47 bits per heavy atom. The van der Waals surface area contributed by atoms with E-state index in [9.17, 15) is 33.8 Å². The lowest BCUT2D eigenvalue weighted by Gasteiger charge is -2.20. The third-order valence-electron chi connectivity index (χ3n) is 10.1. The van der Waals surface area contributed by atoms with Gasteiger partial charge in [-0.2, -0.15) is 0 Å². The Hall–Kier alpha value is -2.48. The van der Waals surface area contributed by atoms with Crippen molar-refractivity contribution in [2.45, 2.75) is 200 Å². The summed E-state index contributed by atoms with van der Waals surface area (Å²) in [5.41, 5.74) is 0. The van der Waals surface area contributed by atoms with Crippen LogP contribution < -0.4 is 0 Å². The second-order valence-corrected chi connectivity index (χ2v) is 19.7. The lowest BCUT2D eigenvalue weighted by molar-refractivity contribution is -0.161. The van der Waals surface area contributed by atoms with Gasteiger partial charge in [-0.15, -0.1) is 0 Å². The van der Waals surface area contributed by atoms with Crippen molar-refractivity contribution in [1.82, 2.24) is 0 Å². The Morgan fingerprint density at radius 2 is 0.970 bits per heavy atom. The summed E-state index contributed by atoms with van der Waals surface area (Å²) in [6.07, 6.45) is 45.1. The molecule has 0 spiro atoms. The van der Waals surface area contributed by atoms with Gasteiger partial charge in [-0.3, -0.25) is 23.2 Å². The van der Waals surface area contributed by atoms with Crippen molar-refractivity contribution in [2.75, 3.05) is 26.4 Å². The topological polar surface area (TPSA) is 216 Å². The molecule has 14 nitrogen and oxygen atoms in total. The summed E-state index contributed by atoms with van der Waals surface area (Å²) >= 11 is 0. The van der Waals surface area contributed by atoms with Gasteiger partial charge in [0.2, 0.25) is 0 Å². The lowest BCUT2D eigenvalue weighted by atomic mass is 10.0. The zero-order valence-corrected chi connectivity index (χ0v) is 42.3. The second kappa shape index (κ2) is 43.8. The maximum Gasteiger partial charge on any atom is 0.472 e. The molecular weight excluding hydrogens is 886 g/mol. The summed E-state index contributed by atoms with van der Waals surface area (Å²) < 4.78 is 47.7. The molecule has 382 valence electrons. The number of esters is 2. The number of carbonyl (C=O) groups excluding carboxylic acids is 2. The molecule has 0 aliphatic carbocycles. The number of phosphoric ester groups is 2. The van der Waals surface area contributed by atoms with E-state index in [1.54, 1.807) is 12.2 Å². The maximum atomic E-state index is 12.7. The van der Waals surface area contributed by atoms with Gasteiger partial charge >= 0.3 is 27.6 Å². The summed E-state index contributed by atoms with van der Waals surface area (Å²) in [6.45, 7) is 3.73. The molecule has 0 aliphatic rings. The van der Waals surface area contributed by atoms with E-state index in [1.165, 1.54) is 89.5 Å². The van der Waals surface area contributed by atoms with Crippen molar-refractivity contribution < 1.29 is 66.7 Å². The Labute approximate surface area is 397 Å². The van der Waals surface area contributed by atoms with E-state index in [4.69, 9.17) is 23.8 Å². The molecule has 0 aromatic rings. The van der Waals surface area contributed by atoms with Crippen LogP contribution in [0.15, 0.2) is 72.9 Å². The molecule has 0 aliphatic heterocycles. The van der Waals surface area contributed by atoms with Crippen LogP contribution in [0.25, 0.3) is 0 Å². The first kappa shape index (κ1) is 63.5. The summed E-state index contributed by atoms with van der Waals surface area (Å²) in [5, 5.41) is 20.1. The third kappa shape index (κ3) is 48.0. The number of hydrogen-bond acceptors (Lipinski definition) is 11. The van der Waals surface area contributed by atoms with Gasteiger partial charge in [-0.1, -0.05) is 196 Å². The molecule has 0 bridgehead atoms. The molecule has 0 saturated carbocycles. The van der Waals surface area contributed by atoms with Gasteiger partial charge in [0.05, 0.1) is 25.9 Å². The van der Waals surface area contributed by atoms with Gasteiger partial charge < -0.3 is 34.4 Å². The average molecular weight is 975 g/mol. The number of aliphatic hydroxyl groups is 2. The van der Waals surface area contributed by atoms with Crippen molar-refractivity contribution in [3.8, 4) is 0 Å². The predicted octanol–water partition coefficient (Wildman–Crippen LogP) is 12.2. The summed E-state index contributed by atoms with van der Waals surface area (Å²) in [6, 6.07) is 0. The summed E-state index contributed by atoms with van der Waals surface area (Å²) in [5.74, 6) is -0.497. The third-order valence-corrected chi connectivity index (χ3v) is 11.6. The second-order valence-electron chi connectivity index (χ2n) is 17.0. The molecule has 5 N–H and O–H groups in total. The van der Waals surface area contributed by atoms with Gasteiger partial charge in [0.25, 0.3) is 0 Å². The predicted molar refractivity (Wildman–Crippen MR) is 263 cm³/mol. The normalized spacial score (nSPS) is 15.0. The van der Waals surface area contributed by atoms with E-state index in [0.717, 1.165) is 57.3 Å². The lowest BCUT2D eigenvalue weighted by Crippen LogP contribution is -2.30. The minimum atomic E-state index is -4.89. The number of rotatable bonds is 45. The SMILES string of the molecule is CC/C=C\C/C=C\C/C=C\C/C=C\C/C=C\C=C/C(O)CCC(=O)O[C@H](COC(=O)CCCCCCCCCCCCCCCCCCC(C)C)COP(=O)(O)OC[C@@H](O)COP(=O)(O)O. The zero-order valence-electron chi connectivity index (χ0n) is 40.5. The Kier molecular flexibility index (Phi) is 42.1. The minimum Gasteiger partial charge on any atom is -0.462 e. The first-order chi connectivity index (χ1) is 31.6. The molecule has 0 rings (SSSR count). The van der Waals surface area contributed by atoms with Gasteiger partial charge in [0.15, 0.2) is 6.10 Å². The fourth-order valence-corrected chi connectivity index (χ4v) is 7.56. The smallest absolute Gasteiger partial charge is 0.462 e. The fourth-order valence-electron chi connectivity index (χ4n) is 6.41. The highest BCUT2D eigenvalue weighted by Gasteiger charge is 2.28. The first-order valence-electron chi connectivity index (χ1n) is 24.6. The number of unbranched alkanes of at least 4 members (excludes halogenated alkanes) is 15. The van der Waals surface area contributed by atoms with Crippen LogP contribution in [0.5, 0.6) is 0 Å². The van der Waals surface area contributed by atoms with Crippen molar-refractivity contribution in [1.29, 1.82) is 0 Å². The number of ether oxygens (including phenoxy) is 2. The Morgan fingerprint density at radius 1 is 0.515 bits per heavy atom. The first-order valence-corrected chi connectivity index (χ1v) is 27.6. The molecule has 4 atom stereocenters. The Balaban J connectivity index is 4.64. The number of phosphoric acid groups is 2. The standard InChI is InChI=1S/C50H88O14P2/c1-4-5-6-7-8-9-10-11-12-16-19-22-25-28-31-34-37-46(51)39-40-50(54)64-48(44-63-66(58,59)62-42-47(52)41-61-65(55,56)57)43-60-49(53)38-35-32-29-26-23-20-17-14-13-15-18-21-24-27-30-33-36-45(2)3/h5-6,8-9,11-12,19,22,28,31,34,37,45-48,51-52H,4,7,10,13-18,20-21,23-27,29-30,32-33,35-36,38-44H2,1-3H3,(H,58,59)(H2,55,56,57)/b6-5-,9-8-,12-11-,22-19-,31-28-,37-34-/t46?,47-,48+/m0/s1. The van der Waals surface area contributed by atoms with E-state index in [2.05, 4.69) is 72.4 Å². The van der Waals surface area contributed by atoms with Crippen molar-refractivity contribution >= 4 is 27.6 Å². The average Bonchev–Trinajstić information content (AvgIpc) is 3.26. The molecular formula is C50H88O14P2. The van der Waals surface area contributed by atoms with Gasteiger partial charge in [-0.25, -0.2) is 9.13 Å². The largest absolute Gasteiger partial charge is 0.472 e. The molecule has 66 heavy (non-hydrogen) atoms. The Bertz CT molecular complexity index is 1470. The highest BCUT2D eigenvalue weighted by molar-refractivity contribution is 7.47. The molecule has 0 fully saturated rings. The molecule has 16 heteroatoms. The molecule has 0 amide bonds. The molecule has 0 saturated heterocycles. The zero-order chi connectivity index (χ0) is 49.0. The van der Waals surface area contributed by atoms with Crippen molar-refractivity contribution in [2.24, 2.45) is 5.92 Å². The van der Waals surface area contributed by atoms with E-state index in [0.29, 0.717) is 6.42 Å². The van der Waals surface area contributed by atoms with Crippen LogP contribution >= 0.6 is 15.6 Å². The summed E-state index contributed by atoms with van der Waals surface area (Å²) in [7, 11) is -9.78. The minimum absolute atomic E-state index is 0.0164. The highest BCUT2D eigenvalue weighted by atomic mass is 31.2. The highest BCUT2D eigenvalue weighted by Crippen LogP contribution is 2.43. The maximum absolute atomic E-state index is 12.7. The molecule has 0 radical (unpaired) electrons. The number of carbonyl (C=O) groups is 2. The van der Waals surface area contributed by atoms with Crippen LogP contribution in [-0.4, -0.2) is 81.6 Å². The van der Waals surface area contributed by atoms with Crippen LogP contribution in [0.1, 0.15) is 181 Å². The molecule has 0 aromatic carbocycles. The van der Waals surface area contributed by atoms with Crippen LogP contribution in [0.4, 0.5) is 0 Å². The van der Waals surface area contributed by atoms with Crippen molar-refractivity contribution in [3.05, 3.63) is 72.9 Å². The quantitative estimate of drug-likeness (QED) is 0.0126. The van der Waals surface area contributed by atoms with Crippen LogP contribution in [0.2, 0.25) is 0 Å². The fraction of sp³-hybridized carbons (Fsp3) is 0.720.